The van der Waals surface area contributed by atoms with Crippen molar-refractivity contribution in [2.24, 2.45) is 4.99 Å². The van der Waals surface area contributed by atoms with Gasteiger partial charge in [0, 0.05) is 6.20 Å². The zero-order valence-corrected chi connectivity index (χ0v) is 8.24. The molecule has 2 aliphatic heterocycles. The number of aliphatic imine (C=N–C) groups is 1. The Labute approximate surface area is 78.5 Å². The van der Waals surface area contributed by atoms with Gasteiger partial charge in [-0.3, -0.25) is 4.79 Å². The predicted molar refractivity (Wildman–Crippen MR) is 53.4 cm³/mol. The summed E-state index contributed by atoms with van der Waals surface area (Å²) >= 11 is 0. The summed E-state index contributed by atoms with van der Waals surface area (Å²) in [4.78, 5) is 16.5. The monoisotopic (exact) mass is 178 g/mol. The summed E-state index contributed by atoms with van der Waals surface area (Å²) in [6.07, 6.45) is 5.75. The van der Waals surface area contributed by atoms with Crippen molar-refractivity contribution in [3.8, 4) is 0 Å². The molecular formula is C10H14N2O. The van der Waals surface area contributed by atoms with E-state index in [1.54, 1.807) is 0 Å². The highest BCUT2D eigenvalue weighted by Crippen LogP contribution is 2.13. The first-order valence-electron chi connectivity index (χ1n) is 4.50. The topological polar surface area (TPSA) is 32.7 Å². The Kier molecular flexibility index (Phi) is 3.01. The van der Waals surface area contributed by atoms with Crippen molar-refractivity contribution in [3.05, 3.63) is 23.9 Å². The van der Waals surface area contributed by atoms with Crippen molar-refractivity contribution in [2.45, 2.75) is 20.8 Å². The van der Waals surface area contributed by atoms with Gasteiger partial charge in [0.05, 0.1) is 0 Å². The number of fused-ring (bicyclic) bond motifs is 1. The molecule has 1 amide bonds. The third-order valence-corrected chi connectivity index (χ3v) is 1.69. The fourth-order valence-electron chi connectivity index (χ4n) is 1.19. The fraction of sp³-hybridized carbons (Fsp3) is 0.400. The van der Waals surface area contributed by atoms with E-state index in [0.717, 1.165) is 11.4 Å². The van der Waals surface area contributed by atoms with E-state index >= 15 is 0 Å². The van der Waals surface area contributed by atoms with Crippen LogP contribution in [0.15, 0.2) is 28.9 Å². The van der Waals surface area contributed by atoms with E-state index in [1.807, 2.05) is 44.0 Å². The van der Waals surface area contributed by atoms with E-state index in [1.165, 1.54) is 0 Å². The molecular weight excluding hydrogens is 164 g/mol. The lowest BCUT2D eigenvalue weighted by Gasteiger charge is -2.15. The van der Waals surface area contributed by atoms with Crippen LogP contribution in [0.25, 0.3) is 0 Å². The van der Waals surface area contributed by atoms with Crippen molar-refractivity contribution in [2.75, 3.05) is 6.54 Å². The number of carbonyl (C=O) groups excluding carboxylic acids is 1. The first kappa shape index (κ1) is 9.71. The number of nitrogens with zero attached hydrogens (tertiary/aromatic N) is 2. The van der Waals surface area contributed by atoms with Crippen LogP contribution in [0.2, 0.25) is 0 Å². The quantitative estimate of drug-likeness (QED) is 0.566. The molecule has 0 aromatic carbocycles. The Balaban J connectivity index is 0.000000396. The summed E-state index contributed by atoms with van der Waals surface area (Å²) in [5.41, 5.74) is 1.15. The van der Waals surface area contributed by atoms with Crippen LogP contribution in [0.4, 0.5) is 0 Å². The molecule has 3 heteroatoms. The van der Waals surface area contributed by atoms with Gasteiger partial charge in [-0.1, -0.05) is 19.9 Å². The molecule has 0 spiro atoms. The third-order valence-electron chi connectivity index (χ3n) is 1.69. The molecule has 0 aromatic heterocycles. The highest BCUT2D eigenvalue weighted by atomic mass is 16.2. The average molecular weight is 178 g/mol. The summed E-state index contributed by atoms with van der Waals surface area (Å²) in [6, 6.07) is 0. The highest BCUT2D eigenvalue weighted by Gasteiger charge is 2.20. The molecule has 0 saturated heterocycles. The molecule has 2 rings (SSSR count). The maximum Gasteiger partial charge on any atom is 0.267 e. The average Bonchev–Trinajstić information content (AvgIpc) is 2.48. The number of carbonyl (C=O) groups is 1. The van der Waals surface area contributed by atoms with Crippen molar-refractivity contribution in [1.82, 2.24) is 4.90 Å². The highest BCUT2D eigenvalue weighted by molar-refractivity contribution is 6.08. The normalized spacial score (nSPS) is 18.7. The lowest BCUT2D eigenvalue weighted by molar-refractivity contribution is -0.116. The van der Waals surface area contributed by atoms with E-state index in [2.05, 4.69) is 4.99 Å². The molecule has 0 bridgehead atoms. The van der Waals surface area contributed by atoms with Gasteiger partial charge in [-0.15, -0.1) is 0 Å². The molecule has 13 heavy (non-hydrogen) atoms. The van der Waals surface area contributed by atoms with Crippen LogP contribution in [0.1, 0.15) is 20.8 Å². The van der Waals surface area contributed by atoms with Crippen molar-refractivity contribution in [3.63, 3.8) is 0 Å². The zero-order valence-electron chi connectivity index (χ0n) is 8.24. The van der Waals surface area contributed by atoms with Gasteiger partial charge >= 0.3 is 0 Å². The van der Waals surface area contributed by atoms with E-state index in [-0.39, 0.29) is 5.91 Å². The minimum atomic E-state index is -0.0596. The SMILES string of the molecule is CC.CC1=CN2CC(=O)N=C2C=C1. The second kappa shape index (κ2) is 4.03. The van der Waals surface area contributed by atoms with Crippen LogP contribution in [-0.2, 0) is 4.79 Å². The molecule has 0 saturated carbocycles. The fourth-order valence-corrected chi connectivity index (χ4v) is 1.19. The van der Waals surface area contributed by atoms with Gasteiger partial charge in [-0.05, 0) is 18.6 Å². The maximum absolute atomic E-state index is 10.8. The number of hydrogen-bond donors (Lipinski definition) is 0. The summed E-state index contributed by atoms with van der Waals surface area (Å²) < 4.78 is 0. The number of rotatable bonds is 0. The van der Waals surface area contributed by atoms with Crippen LogP contribution in [0, 0.1) is 0 Å². The van der Waals surface area contributed by atoms with Gasteiger partial charge in [-0.2, -0.15) is 4.99 Å². The second-order valence-corrected chi connectivity index (χ2v) is 2.70. The molecule has 0 radical (unpaired) electrons. The van der Waals surface area contributed by atoms with Gasteiger partial charge in [-0.25, -0.2) is 0 Å². The molecule has 2 heterocycles. The van der Waals surface area contributed by atoms with Gasteiger partial charge in [0.2, 0.25) is 0 Å². The number of amides is 1. The molecule has 3 nitrogen and oxygen atoms in total. The Morgan fingerprint density at radius 1 is 1.38 bits per heavy atom. The van der Waals surface area contributed by atoms with Crippen molar-refractivity contribution < 1.29 is 4.79 Å². The molecule has 70 valence electrons. The Bertz CT molecular complexity index is 300. The van der Waals surface area contributed by atoms with Gasteiger partial charge in [0.25, 0.3) is 5.91 Å². The van der Waals surface area contributed by atoms with Gasteiger partial charge in [0.15, 0.2) is 0 Å². The maximum atomic E-state index is 10.8. The van der Waals surface area contributed by atoms with Crippen LogP contribution in [-0.4, -0.2) is 23.2 Å². The standard InChI is InChI=1S/C8H8N2O.C2H6/c1-6-2-3-7-9-8(11)5-10(7)4-6;1-2/h2-4H,5H2,1H3;1-2H3. The number of hydrogen-bond acceptors (Lipinski definition) is 2. The van der Waals surface area contributed by atoms with Crippen molar-refractivity contribution in [1.29, 1.82) is 0 Å². The van der Waals surface area contributed by atoms with E-state index in [4.69, 9.17) is 0 Å². The molecule has 0 atom stereocenters. The smallest absolute Gasteiger partial charge is 0.267 e. The summed E-state index contributed by atoms with van der Waals surface area (Å²) in [5.74, 6) is 0.705. The first-order valence-corrected chi connectivity index (χ1v) is 4.50. The Morgan fingerprint density at radius 3 is 2.77 bits per heavy atom. The molecule has 0 aromatic rings. The van der Waals surface area contributed by atoms with Crippen LogP contribution in [0.3, 0.4) is 0 Å². The minimum Gasteiger partial charge on any atom is -0.323 e. The van der Waals surface area contributed by atoms with E-state index in [0.29, 0.717) is 6.54 Å². The predicted octanol–water partition coefficient (Wildman–Crippen LogP) is 1.73. The van der Waals surface area contributed by atoms with Crippen LogP contribution < -0.4 is 0 Å². The summed E-state index contributed by atoms with van der Waals surface area (Å²) in [6.45, 7) is 6.40. The Hall–Kier alpha value is -1.38. The van der Waals surface area contributed by atoms with Crippen molar-refractivity contribution >= 4 is 11.7 Å². The largest absolute Gasteiger partial charge is 0.323 e. The second-order valence-electron chi connectivity index (χ2n) is 2.70. The molecule has 0 N–H and O–H groups in total. The van der Waals surface area contributed by atoms with Crippen LogP contribution in [0.5, 0.6) is 0 Å². The molecule has 2 aliphatic rings. The Morgan fingerprint density at radius 2 is 2.08 bits per heavy atom. The zero-order chi connectivity index (χ0) is 9.84. The van der Waals surface area contributed by atoms with Gasteiger partial charge < -0.3 is 4.90 Å². The lowest BCUT2D eigenvalue weighted by atomic mass is 10.2. The molecule has 0 aliphatic carbocycles. The minimum absolute atomic E-state index is 0.0596. The van der Waals surface area contributed by atoms with Gasteiger partial charge in [0.1, 0.15) is 12.4 Å². The summed E-state index contributed by atoms with van der Waals surface area (Å²) in [5, 5.41) is 0. The summed E-state index contributed by atoms with van der Waals surface area (Å²) in [7, 11) is 0. The van der Waals surface area contributed by atoms with E-state index in [9.17, 15) is 4.79 Å². The first-order chi connectivity index (χ1) is 6.25. The number of allylic oxidation sites excluding steroid dienone is 2. The van der Waals surface area contributed by atoms with Crippen LogP contribution >= 0.6 is 0 Å². The molecule has 0 fully saturated rings. The van der Waals surface area contributed by atoms with E-state index < -0.39 is 0 Å². The third kappa shape index (κ3) is 2.05. The lowest BCUT2D eigenvalue weighted by Crippen LogP contribution is -2.23. The molecule has 0 unspecified atom stereocenters. The number of amidine groups is 1.